The highest BCUT2D eigenvalue weighted by atomic mass is 16.2. The lowest BCUT2D eigenvalue weighted by Crippen LogP contribution is -2.37. The van der Waals surface area contributed by atoms with Crippen molar-refractivity contribution in [3.8, 4) is 0 Å². The van der Waals surface area contributed by atoms with E-state index in [2.05, 4.69) is 20.5 Å². The standard InChI is InChI=1S/C15H19N5O2/c21-13(20-6-2-1-3-7-20)4-5-16-15(22)12-8-11-10-18-19-14(11)17-9-12/h8-10H,1-7H2,(H,16,22)(H,17,18,19). The van der Waals surface area contributed by atoms with Crippen molar-refractivity contribution in [1.82, 2.24) is 25.4 Å². The van der Waals surface area contributed by atoms with Gasteiger partial charge in [0.25, 0.3) is 5.91 Å². The fourth-order valence-electron chi connectivity index (χ4n) is 2.65. The van der Waals surface area contributed by atoms with Crippen LogP contribution in [0.4, 0.5) is 0 Å². The van der Waals surface area contributed by atoms with E-state index in [9.17, 15) is 9.59 Å². The van der Waals surface area contributed by atoms with Gasteiger partial charge in [-0.2, -0.15) is 5.10 Å². The van der Waals surface area contributed by atoms with Crippen LogP contribution in [0.25, 0.3) is 11.0 Å². The van der Waals surface area contributed by atoms with Gasteiger partial charge in [0.15, 0.2) is 5.65 Å². The molecule has 116 valence electrons. The maximum absolute atomic E-state index is 12.1. The number of fused-ring (bicyclic) bond motifs is 1. The molecule has 2 N–H and O–H groups in total. The molecule has 2 aromatic heterocycles. The molecule has 3 rings (SSSR count). The third-order valence-corrected chi connectivity index (χ3v) is 3.89. The molecule has 1 aliphatic rings. The van der Waals surface area contributed by atoms with Crippen LogP contribution >= 0.6 is 0 Å². The number of piperidine rings is 1. The zero-order chi connectivity index (χ0) is 15.4. The minimum Gasteiger partial charge on any atom is -0.351 e. The number of nitrogens with zero attached hydrogens (tertiary/aromatic N) is 3. The zero-order valence-corrected chi connectivity index (χ0v) is 12.3. The highest BCUT2D eigenvalue weighted by Crippen LogP contribution is 2.11. The Morgan fingerprint density at radius 3 is 2.86 bits per heavy atom. The van der Waals surface area contributed by atoms with Gasteiger partial charge in [0.1, 0.15) is 0 Å². The van der Waals surface area contributed by atoms with Crippen LogP contribution in [0.2, 0.25) is 0 Å². The van der Waals surface area contributed by atoms with E-state index < -0.39 is 0 Å². The Morgan fingerprint density at radius 2 is 2.05 bits per heavy atom. The Hall–Kier alpha value is -2.44. The molecule has 7 heteroatoms. The van der Waals surface area contributed by atoms with E-state index in [0.717, 1.165) is 31.3 Å². The van der Waals surface area contributed by atoms with Crippen molar-refractivity contribution < 1.29 is 9.59 Å². The molecular formula is C15H19N5O2. The Morgan fingerprint density at radius 1 is 1.23 bits per heavy atom. The molecule has 0 atom stereocenters. The van der Waals surface area contributed by atoms with E-state index in [1.54, 1.807) is 12.3 Å². The fourth-order valence-corrected chi connectivity index (χ4v) is 2.65. The molecular weight excluding hydrogens is 282 g/mol. The lowest BCUT2D eigenvalue weighted by atomic mass is 10.1. The molecule has 1 fully saturated rings. The first-order valence-electron chi connectivity index (χ1n) is 7.59. The van der Waals surface area contributed by atoms with Crippen LogP contribution in [0.1, 0.15) is 36.0 Å². The number of aromatic nitrogens is 3. The first kappa shape index (κ1) is 14.5. The molecule has 0 bridgehead atoms. The number of rotatable bonds is 4. The predicted octanol–water partition coefficient (Wildman–Crippen LogP) is 1.09. The van der Waals surface area contributed by atoms with Crippen LogP contribution in [0.3, 0.4) is 0 Å². The van der Waals surface area contributed by atoms with Crippen LogP contribution < -0.4 is 5.32 Å². The van der Waals surface area contributed by atoms with Crippen molar-refractivity contribution in [3.63, 3.8) is 0 Å². The second-order valence-electron chi connectivity index (χ2n) is 5.48. The Bertz CT molecular complexity index is 675. The van der Waals surface area contributed by atoms with E-state index in [-0.39, 0.29) is 11.8 Å². The molecule has 1 aliphatic heterocycles. The first-order valence-corrected chi connectivity index (χ1v) is 7.59. The molecule has 3 heterocycles. The number of carbonyl (C=O) groups excluding carboxylic acids is 2. The normalized spacial score (nSPS) is 15.0. The van der Waals surface area contributed by atoms with Gasteiger partial charge in [0.2, 0.25) is 5.91 Å². The average molecular weight is 301 g/mol. The van der Waals surface area contributed by atoms with Crippen molar-refractivity contribution in [2.45, 2.75) is 25.7 Å². The smallest absolute Gasteiger partial charge is 0.252 e. The summed E-state index contributed by atoms with van der Waals surface area (Å²) in [7, 11) is 0. The number of hydrogen-bond acceptors (Lipinski definition) is 4. The van der Waals surface area contributed by atoms with Gasteiger partial charge in [-0.25, -0.2) is 4.98 Å². The van der Waals surface area contributed by atoms with Gasteiger partial charge in [-0.3, -0.25) is 14.7 Å². The number of likely N-dealkylation sites (tertiary alicyclic amines) is 1. The van der Waals surface area contributed by atoms with E-state index >= 15 is 0 Å². The van der Waals surface area contributed by atoms with E-state index in [0.29, 0.717) is 24.2 Å². The molecule has 2 aromatic rings. The third-order valence-electron chi connectivity index (χ3n) is 3.89. The van der Waals surface area contributed by atoms with E-state index in [4.69, 9.17) is 0 Å². The summed E-state index contributed by atoms with van der Waals surface area (Å²) in [6, 6.07) is 1.73. The van der Waals surface area contributed by atoms with Gasteiger partial charge in [0, 0.05) is 37.6 Å². The van der Waals surface area contributed by atoms with Crippen LogP contribution in [0.15, 0.2) is 18.5 Å². The largest absolute Gasteiger partial charge is 0.351 e. The lowest BCUT2D eigenvalue weighted by Gasteiger charge is -2.26. The number of hydrogen-bond donors (Lipinski definition) is 2. The second kappa shape index (κ2) is 6.55. The minimum absolute atomic E-state index is 0.114. The summed E-state index contributed by atoms with van der Waals surface area (Å²) in [5, 5.41) is 10.2. The second-order valence-corrected chi connectivity index (χ2v) is 5.48. The maximum atomic E-state index is 12.1. The summed E-state index contributed by atoms with van der Waals surface area (Å²) < 4.78 is 0. The van der Waals surface area contributed by atoms with Crippen molar-refractivity contribution in [2.24, 2.45) is 0 Å². The maximum Gasteiger partial charge on any atom is 0.252 e. The van der Waals surface area contributed by atoms with E-state index in [1.165, 1.54) is 12.6 Å². The van der Waals surface area contributed by atoms with Crippen molar-refractivity contribution in [1.29, 1.82) is 0 Å². The molecule has 2 amide bonds. The van der Waals surface area contributed by atoms with Gasteiger partial charge in [-0.15, -0.1) is 0 Å². The first-order chi connectivity index (χ1) is 10.7. The summed E-state index contributed by atoms with van der Waals surface area (Å²) in [5.41, 5.74) is 1.12. The van der Waals surface area contributed by atoms with Crippen molar-refractivity contribution >= 4 is 22.8 Å². The summed E-state index contributed by atoms with van der Waals surface area (Å²) in [4.78, 5) is 30.1. The van der Waals surface area contributed by atoms with E-state index in [1.807, 2.05) is 4.90 Å². The molecule has 0 saturated carbocycles. The van der Waals surface area contributed by atoms with Crippen molar-refractivity contribution in [2.75, 3.05) is 19.6 Å². The quantitative estimate of drug-likeness (QED) is 0.884. The molecule has 1 saturated heterocycles. The van der Waals surface area contributed by atoms with Crippen LogP contribution in [0.5, 0.6) is 0 Å². The highest BCUT2D eigenvalue weighted by Gasteiger charge is 2.16. The average Bonchev–Trinajstić information content (AvgIpc) is 3.03. The molecule has 0 radical (unpaired) electrons. The molecule has 7 nitrogen and oxygen atoms in total. The summed E-state index contributed by atoms with van der Waals surface area (Å²) >= 11 is 0. The fraction of sp³-hybridized carbons (Fsp3) is 0.467. The van der Waals surface area contributed by atoms with Crippen LogP contribution in [0, 0.1) is 0 Å². The number of nitrogens with one attached hydrogen (secondary N) is 2. The monoisotopic (exact) mass is 301 g/mol. The molecule has 0 spiro atoms. The molecule has 0 aromatic carbocycles. The summed E-state index contributed by atoms with van der Waals surface area (Å²) in [5.74, 6) is -0.106. The molecule has 0 aliphatic carbocycles. The molecule has 0 unspecified atom stereocenters. The highest BCUT2D eigenvalue weighted by molar-refractivity contribution is 5.96. The van der Waals surface area contributed by atoms with Gasteiger partial charge in [-0.05, 0) is 25.3 Å². The predicted molar refractivity (Wildman–Crippen MR) is 81.3 cm³/mol. The zero-order valence-electron chi connectivity index (χ0n) is 12.3. The van der Waals surface area contributed by atoms with Gasteiger partial charge >= 0.3 is 0 Å². The Labute approximate surface area is 128 Å². The minimum atomic E-state index is -0.220. The van der Waals surface area contributed by atoms with Crippen LogP contribution in [-0.4, -0.2) is 51.5 Å². The Balaban J connectivity index is 1.50. The summed E-state index contributed by atoms with van der Waals surface area (Å²) in [6.45, 7) is 2.03. The number of carbonyl (C=O) groups is 2. The summed E-state index contributed by atoms with van der Waals surface area (Å²) in [6.07, 6.45) is 6.82. The van der Waals surface area contributed by atoms with Crippen molar-refractivity contribution in [3.05, 3.63) is 24.0 Å². The van der Waals surface area contributed by atoms with Crippen LogP contribution in [-0.2, 0) is 4.79 Å². The van der Waals surface area contributed by atoms with Gasteiger partial charge in [0.05, 0.1) is 11.8 Å². The number of amides is 2. The number of H-pyrrole nitrogens is 1. The lowest BCUT2D eigenvalue weighted by molar-refractivity contribution is -0.131. The molecule has 22 heavy (non-hydrogen) atoms. The SMILES string of the molecule is O=C(NCCC(=O)N1CCCCC1)c1cnc2[nH]ncc2c1. The number of pyridine rings is 1. The van der Waals surface area contributed by atoms with Gasteiger partial charge in [-0.1, -0.05) is 0 Å². The topological polar surface area (TPSA) is 91.0 Å². The number of aromatic amines is 1. The third kappa shape index (κ3) is 3.24. The van der Waals surface area contributed by atoms with Gasteiger partial charge < -0.3 is 10.2 Å². The Kier molecular flexibility index (Phi) is 4.32.